The van der Waals surface area contributed by atoms with Gasteiger partial charge < -0.3 is 4.74 Å². The summed E-state index contributed by atoms with van der Waals surface area (Å²) in [5.41, 5.74) is 0.938. The Hall–Kier alpha value is -0.0100. The van der Waals surface area contributed by atoms with E-state index in [9.17, 15) is 0 Å². The van der Waals surface area contributed by atoms with E-state index in [4.69, 9.17) is 16.3 Å². The van der Waals surface area contributed by atoms with Crippen molar-refractivity contribution in [2.75, 3.05) is 19.1 Å². The van der Waals surface area contributed by atoms with Crippen LogP contribution in [0, 0.1) is 0 Å². The van der Waals surface area contributed by atoms with Crippen LogP contribution in [0.25, 0.3) is 0 Å². The van der Waals surface area contributed by atoms with E-state index in [-0.39, 0.29) is 0 Å². The molecular formula is C6H11ClO. The lowest BCUT2D eigenvalue weighted by atomic mass is 10.4. The molecule has 0 fully saturated rings. The predicted molar refractivity (Wildman–Crippen MR) is 36.4 cm³/mol. The summed E-state index contributed by atoms with van der Waals surface area (Å²) in [4.78, 5) is 0. The summed E-state index contributed by atoms with van der Waals surface area (Å²) in [6.07, 6.45) is 0. The van der Waals surface area contributed by atoms with Crippen molar-refractivity contribution < 1.29 is 4.74 Å². The van der Waals surface area contributed by atoms with Crippen molar-refractivity contribution in [2.24, 2.45) is 0 Å². The van der Waals surface area contributed by atoms with Crippen molar-refractivity contribution >= 4 is 11.6 Å². The van der Waals surface area contributed by atoms with Crippen molar-refractivity contribution in [3.8, 4) is 0 Å². The summed E-state index contributed by atoms with van der Waals surface area (Å²) in [7, 11) is 0. The molecule has 0 aliphatic rings. The zero-order valence-electron chi connectivity index (χ0n) is 5.11. The normalized spacial score (nSPS) is 9.25. The second-order valence-electron chi connectivity index (χ2n) is 1.52. The van der Waals surface area contributed by atoms with Gasteiger partial charge in [-0.25, -0.2) is 0 Å². The van der Waals surface area contributed by atoms with Crippen LogP contribution < -0.4 is 0 Å². The van der Waals surface area contributed by atoms with E-state index in [0.717, 1.165) is 12.2 Å². The molecule has 0 atom stereocenters. The van der Waals surface area contributed by atoms with Crippen molar-refractivity contribution in [1.29, 1.82) is 0 Å². The third-order valence-corrected chi connectivity index (χ3v) is 1.08. The van der Waals surface area contributed by atoms with E-state index < -0.39 is 0 Å². The Labute approximate surface area is 55.3 Å². The maximum absolute atomic E-state index is 5.41. The molecule has 0 saturated carbocycles. The fraction of sp³-hybridized carbons (Fsp3) is 0.667. The summed E-state index contributed by atoms with van der Waals surface area (Å²) in [6, 6.07) is 0. The molecule has 2 heteroatoms. The van der Waals surface area contributed by atoms with Crippen LogP contribution in [0.1, 0.15) is 6.92 Å². The molecule has 0 aromatic carbocycles. The van der Waals surface area contributed by atoms with Crippen molar-refractivity contribution in [2.45, 2.75) is 6.92 Å². The number of halogens is 1. The Morgan fingerprint density at radius 3 is 2.75 bits per heavy atom. The van der Waals surface area contributed by atoms with Gasteiger partial charge in [0.25, 0.3) is 0 Å². The molecule has 0 rings (SSSR count). The predicted octanol–water partition coefficient (Wildman–Crippen LogP) is 1.82. The molecule has 0 amide bonds. The highest BCUT2D eigenvalue weighted by atomic mass is 35.5. The molecule has 0 aliphatic heterocycles. The number of hydrogen-bond acceptors (Lipinski definition) is 1. The smallest absolute Gasteiger partial charge is 0.0685 e. The fourth-order valence-electron chi connectivity index (χ4n) is 0.285. The van der Waals surface area contributed by atoms with Crippen LogP contribution in [-0.2, 0) is 4.74 Å². The Bertz CT molecular complexity index is 70.9. The highest BCUT2D eigenvalue weighted by Crippen LogP contribution is 1.93. The van der Waals surface area contributed by atoms with Gasteiger partial charge in [-0.05, 0) is 12.5 Å². The summed E-state index contributed by atoms with van der Waals surface area (Å²) in [5, 5.41) is 0. The van der Waals surface area contributed by atoms with Crippen molar-refractivity contribution in [3.63, 3.8) is 0 Å². The molecular weight excluding hydrogens is 124 g/mol. The largest absolute Gasteiger partial charge is 0.377 e. The molecule has 0 N–H and O–H groups in total. The van der Waals surface area contributed by atoms with E-state index in [2.05, 4.69) is 6.58 Å². The van der Waals surface area contributed by atoms with Gasteiger partial charge >= 0.3 is 0 Å². The summed E-state index contributed by atoms with van der Waals surface area (Å²) in [6.45, 7) is 6.93. The molecule has 0 aromatic rings. The van der Waals surface area contributed by atoms with Crippen LogP contribution in [0.5, 0.6) is 0 Å². The zero-order valence-corrected chi connectivity index (χ0v) is 5.87. The van der Waals surface area contributed by atoms with E-state index in [1.807, 2.05) is 6.92 Å². The number of alkyl halides is 1. The fourth-order valence-corrected chi connectivity index (χ4v) is 0.362. The van der Waals surface area contributed by atoms with Gasteiger partial charge in [0.15, 0.2) is 0 Å². The van der Waals surface area contributed by atoms with E-state index in [1.54, 1.807) is 0 Å². The standard InChI is InChI=1S/C6H11ClO/c1-3-8-5-6(2)4-7/h2-5H2,1H3. The van der Waals surface area contributed by atoms with Gasteiger partial charge in [0.05, 0.1) is 6.61 Å². The Morgan fingerprint density at radius 1 is 1.75 bits per heavy atom. The van der Waals surface area contributed by atoms with E-state index in [1.165, 1.54) is 0 Å². The summed E-state index contributed by atoms with van der Waals surface area (Å²) < 4.78 is 5.00. The van der Waals surface area contributed by atoms with Crippen LogP contribution in [0.15, 0.2) is 12.2 Å². The van der Waals surface area contributed by atoms with Crippen LogP contribution >= 0.6 is 11.6 Å². The Kier molecular flexibility index (Phi) is 5.13. The lowest BCUT2D eigenvalue weighted by Gasteiger charge is -1.98. The second kappa shape index (κ2) is 5.13. The van der Waals surface area contributed by atoms with Crippen LogP contribution in [0.2, 0.25) is 0 Å². The molecule has 0 aromatic heterocycles. The molecule has 48 valence electrons. The van der Waals surface area contributed by atoms with Crippen LogP contribution in [0.3, 0.4) is 0 Å². The van der Waals surface area contributed by atoms with Gasteiger partial charge in [0.2, 0.25) is 0 Å². The lowest BCUT2D eigenvalue weighted by molar-refractivity contribution is 0.171. The zero-order chi connectivity index (χ0) is 6.41. The minimum Gasteiger partial charge on any atom is -0.377 e. The van der Waals surface area contributed by atoms with Crippen LogP contribution in [0.4, 0.5) is 0 Å². The molecule has 8 heavy (non-hydrogen) atoms. The lowest BCUT2D eigenvalue weighted by Crippen LogP contribution is -1.96. The van der Waals surface area contributed by atoms with Crippen molar-refractivity contribution in [1.82, 2.24) is 0 Å². The topological polar surface area (TPSA) is 9.23 Å². The third kappa shape index (κ3) is 4.16. The monoisotopic (exact) mass is 134 g/mol. The van der Waals surface area contributed by atoms with Gasteiger partial charge in [-0.15, -0.1) is 11.6 Å². The average Bonchev–Trinajstić information content (AvgIpc) is 1.83. The van der Waals surface area contributed by atoms with Crippen LogP contribution in [-0.4, -0.2) is 19.1 Å². The first-order valence-electron chi connectivity index (χ1n) is 2.61. The summed E-state index contributed by atoms with van der Waals surface area (Å²) in [5.74, 6) is 0.500. The van der Waals surface area contributed by atoms with Gasteiger partial charge in [0.1, 0.15) is 0 Å². The van der Waals surface area contributed by atoms with E-state index >= 15 is 0 Å². The molecule has 0 heterocycles. The minimum atomic E-state index is 0.500. The van der Waals surface area contributed by atoms with Gasteiger partial charge in [-0.3, -0.25) is 0 Å². The molecule has 0 saturated heterocycles. The first kappa shape index (κ1) is 7.99. The van der Waals surface area contributed by atoms with Gasteiger partial charge in [-0.2, -0.15) is 0 Å². The minimum absolute atomic E-state index is 0.500. The third-order valence-electron chi connectivity index (χ3n) is 0.699. The SMILES string of the molecule is C=C(CCl)COCC. The van der Waals surface area contributed by atoms with Gasteiger partial charge in [-0.1, -0.05) is 6.58 Å². The Morgan fingerprint density at radius 2 is 2.38 bits per heavy atom. The number of ether oxygens (including phenoxy) is 1. The van der Waals surface area contributed by atoms with Gasteiger partial charge in [0, 0.05) is 12.5 Å². The van der Waals surface area contributed by atoms with E-state index in [0.29, 0.717) is 12.5 Å². The average molecular weight is 135 g/mol. The van der Waals surface area contributed by atoms with Crippen molar-refractivity contribution in [3.05, 3.63) is 12.2 Å². The number of hydrogen-bond donors (Lipinski definition) is 0. The molecule has 0 radical (unpaired) electrons. The summed E-state index contributed by atoms with van der Waals surface area (Å²) >= 11 is 5.41. The first-order valence-corrected chi connectivity index (χ1v) is 3.15. The highest BCUT2D eigenvalue weighted by molar-refractivity contribution is 6.19. The molecule has 0 bridgehead atoms. The maximum Gasteiger partial charge on any atom is 0.0685 e. The highest BCUT2D eigenvalue weighted by Gasteiger charge is 1.87. The molecule has 0 aliphatic carbocycles. The first-order chi connectivity index (χ1) is 3.81. The Balaban J connectivity index is 2.99. The molecule has 0 unspecified atom stereocenters. The molecule has 1 nitrogen and oxygen atoms in total. The molecule has 0 spiro atoms. The maximum atomic E-state index is 5.41. The quantitative estimate of drug-likeness (QED) is 0.421. The second-order valence-corrected chi connectivity index (χ2v) is 1.79. The number of rotatable bonds is 4.